The van der Waals surface area contributed by atoms with Gasteiger partial charge in [0.2, 0.25) is 0 Å². The molecule has 0 saturated heterocycles. The Morgan fingerprint density at radius 2 is 1.59 bits per heavy atom. The number of nitrogens with zero attached hydrogens (tertiary/aromatic N) is 5. The Morgan fingerprint density at radius 3 is 2.35 bits per heavy atom. The summed E-state index contributed by atoms with van der Waals surface area (Å²) in [6, 6.07) is 9.58. The lowest BCUT2D eigenvalue weighted by Crippen LogP contribution is -1.98. The average Bonchev–Trinajstić information content (AvgIpc) is 2.94. The molecule has 0 spiro atoms. The highest BCUT2D eigenvalue weighted by atomic mass is 15.5. The molecule has 0 aliphatic rings. The minimum Gasteiger partial charge on any atom is -0.237 e. The van der Waals surface area contributed by atoms with Crippen LogP contribution in [0, 0.1) is 0 Å². The van der Waals surface area contributed by atoms with Crippen LogP contribution in [0.25, 0.3) is 17.1 Å². The Labute approximate surface area is 97.8 Å². The van der Waals surface area contributed by atoms with E-state index in [4.69, 9.17) is 0 Å². The normalized spacial score (nSPS) is 10.4. The minimum atomic E-state index is 0.696. The summed E-state index contributed by atoms with van der Waals surface area (Å²) in [5.74, 6) is 0.696. The maximum atomic E-state index is 4.21. The van der Waals surface area contributed by atoms with Gasteiger partial charge < -0.3 is 0 Å². The standard InChI is InChI=1S/C12H9N5/c1-3-10(12-13-5-2-6-14-12)9-11(4-1)17-15-7-8-16-17/h1-9H. The van der Waals surface area contributed by atoms with Crippen molar-refractivity contribution >= 4 is 0 Å². The summed E-state index contributed by atoms with van der Waals surface area (Å²) in [7, 11) is 0. The van der Waals surface area contributed by atoms with Crippen LogP contribution in [0.4, 0.5) is 0 Å². The predicted molar refractivity (Wildman–Crippen MR) is 62.4 cm³/mol. The Hall–Kier alpha value is -2.56. The van der Waals surface area contributed by atoms with E-state index in [1.807, 2.05) is 24.3 Å². The molecule has 0 bridgehead atoms. The average molecular weight is 223 g/mol. The van der Waals surface area contributed by atoms with E-state index in [9.17, 15) is 0 Å². The van der Waals surface area contributed by atoms with Crippen LogP contribution < -0.4 is 0 Å². The molecule has 0 unspecified atom stereocenters. The second kappa shape index (κ2) is 4.13. The molecular formula is C12H9N5. The maximum absolute atomic E-state index is 4.21. The number of aromatic nitrogens is 5. The van der Waals surface area contributed by atoms with Gasteiger partial charge in [0, 0.05) is 18.0 Å². The SMILES string of the molecule is c1cnc(-c2cccc(-n3nccn3)c2)nc1. The molecule has 0 amide bonds. The van der Waals surface area contributed by atoms with Gasteiger partial charge >= 0.3 is 0 Å². The molecule has 0 aliphatic heterocycles. The van der Waals surface area contributed by atoms with Crippen molar-refractivity contribution in [2.45, 2.75) is 0 Å². The van der Waals surface area contributed by atoms with Crippen LogP contribution in [-0.2, 0) is 0 Å². The van der Waals surface area contributed by atoms with Gasteiger partial charge in [-0.15, -0.1) is 0 Å². The molecule has 5 nitrogen and oxygen atoms in total. The first kappa shape index (κ1) is 9.65. The van der Waals surface area contributed by atoms with Gasteiger partial charge in [-0.25, -0.2) is 9.97 Å². The molecule has 0 saturated carbocycles. The van der Waals surface area contributed by atoms with E-state index in [2.05, 4.69) is 20.2 Å². The summed E-state index contributed by atoms with van der Waals surface area (Å²) < 4.78 is 0. The van der Waals surface area contributed by atoms with E-state index >= 15 is 0 Å². The second-order valence-electron chi connectivity index (χ2n) is 3.44. The van der Waals surface area contributed by atoms with E-state index in [1.165, 1.54) is 0 Å². The summed E-state index contributed by atoms with van der Waals surface area (Å²) in [5.41, 5.74) is 1.83. The van der Waals surface area contributed by atoms with Gasteiger partial charge in [0.25, 0.3) is 0 Å². The van der Waals surface area contributed by atoms with Crippen molar-refractivity contribution in [2.75, 3.05) is 0 Å². The molecule has 82 valence electrons. The molecule has 5 heteroatoms. The Balaban J connectivity index is 2.06. The van der Waals surface area contributed by atoms with Gasteiger partial charge in [0.15, 0.2) is 5.82 Å². The molecule has 3 aromatic rings. The van der Waals surface area contributed by atoms with Crippen molar-refractivity contribution in [2.24, 2.45) is 0 Å². The molecule has 0 radical (unpaired) electrons. The highest BCUT2D eigenvalue weighted by Gasteiger charge is 2.03. The van der Waals surface area contributed by atoms with E-state index in [1.54, 1.807) is 35.7 Å². The van der Waals surface area contributed by atoms with Gasteiger partial charge in [-0.2, -0.15) is 15.0 Å². The van der Waals surface area contributed by atoms with Crippen LogP contribution in [0.2, 0.25) is 0 Å². The summed E-state index contributed by atoms with van der Waals surface area (Å²) in [6.07, 6.45) is 6.74. The van der Waals surface area contributed by atoms with Crippen molar-refractivity contribution in [3.8, 4) is 17.1 Å². The lowest BCUT2D eigenvalue weighted by molar-refractivity contribution is 0.752. The first-order valence-corrected chi connectivity index (χ1v) is 5.17. The fourth-order valence-corrected chi connectivity index (χ4v) is 1.57. The Bertz CT molecular complexity index is 604. The lowest BCUT2D eigenvalue weighted by atomic mass is 10.2. The van der Waals surface area contributed by atoms with Gasteiger partial charge in [-0.3, -0.25) is 0 Å². The zero-order valence-electron chi connectivity index (χ0n) is 8.93. The van der Waals surface area contributed by atoms with Crippen molar-refractivity contribution in [3.63, 3.8) is 0 Å². The van der Waals surface area contributed by atoms with Crippen molar-refractivity contribution < 1.29 is 0 Å². The fourth-order valence-electron chi connectivity index (χ4n) is 1.57. The quantitative estimate of drug-likeness (QED) is 0.663. The topological polar surface area (TPSA) is 56.5 Å². The summed E-state index contributed by atoms with van der Waals surface area (Å²) in [5, 5.41) is 8.17. The molecule has 3 rings (SSSR count). The first-order valence-electron chi connectivity index (χ1n) is 5.17. The highest BCUT2D eigenvalue weighted by Crippen LogP contribution is 2.16. The first-order chi connectivity index (χ1) is 8.43. The molecule has 2 heterocycles. The van der Waals surface area contributed by atoms with Crippen molar-refractivity contribution in [3.05, 3.63) is 55.1 Å². The summed E-state index contributed by atoms with van der Waals surface area (Å²) >= 11 is 0. The molecule has 0 N–H and O–H groups in total. The Kier molecular flexibility index (Phi) is 2.34. The number of benzene rings is 1. The van der Waals surface area contributed by atoms with E-state index in [0.717, 1.165) is 11.3 Å². The smallest absolute Gasteiger partial charge is 0.159 e. The van der Waals surface area contributed by atoms with Crippen molar-refractivity contribution in [1.82, 2.24) is 25.0 Å². The van der Waals surface area contributed by atoms with Crippen LogP contribution >= 0.6 is 0 Å². The van der Waals surface area contributed by atoms with E-state index < -0.39 is 0 Å². The molecule has 1 aromatic carbocycles. The van der Waals surface area contributed by atoms with Gasteiger partial charge in [0.05, 0.1) is 18.1 Å². The lowest BCUT2D eigenvalue weighted by Gasteiger charge is -2.02. The third-order valence-corrected chi connectivity index (χ3v) is 2.32. The monoisotopic (exact) mass is 223 g/mol. The van der Waals surface area contributed by atoms with Crippen LogP contribution in [0.5, 0.6) is 0 Å². The second-order valence-corrected chi connectivity index (χ2v) is 3.44. The van der Waals surface area contributed by atoms with Gasteiger partial charge in [0.1, 0.15) is 0 Å². The number of hydrogen-bond donors (Lipinski definition) is 0. The van der Waals surface area contributed by atoms with Crippen molar-refractivity contribution in [1.29, 1.82) is 0 Å². The third-order valence-electron chi connectivity index (χ3n) is 2.32. The zero-order chi connectivity index (χ0) is 11.5. The zero-order valence-corrected chi connectivity index (χ0v) is 8.93. The largest absolute Gasteiger partial charge is 0.237 e. The predicted octanol–water partition coefficient (Wildman–Crippen LogP) is 1.72. The molecule has 17 heavy (non-hydrogen) atoms. The number of rotatable bonds is 2. The van der Waals surface area contributed by atoms with E-state index in [-0.39, 0.29) is 0 Å². The minimum absolute atomic E-state index is 0.696. The summed E-state index contributed by atoms with van der Waals surface area (Å²) in [4.78, 5) is 9.98. The van der Waals surface area contributed by atoms with Crippen LogP contribution in [0.1, 0.15) is 0 Å². The van der Waals surface area contributed by atoms with Crippen LogP contribution in [0.3, 0.4) is 0 Å². The molecule has 2 aromatic heterocycles. The van der Waals surface area contributed by atoms with Gasteiger partial charge in [-0.05, 0) is 18.2 Å². The molecule has 0 aliphatic carbocycles. The van der Waals surface area contributed by atoms with Crippen LogP contribution in [-0.4, -0.2) is 25.0 Å². The van der Waals surface area contributed by atoms with Crippen LogP contribution in [0.15, 0.2) is 55.1 Å². The molecular weight excluding hydrogens is 214 g/mol. The molecule has 0 atom stereocenters. The maximum Gasteiger partial charge on any atom is 0.159 e. The Morgan fingerprint density at radius 1 is 0.824 bits per heavy atom. The van der Waals surface area contributed by atoms with Gasteiger partial charge in [-0.1, -0.05) is 12.1 Å². The highest BCUT2D eigenvalue weighted by molar-refractivity contribution is 5.58. The molecule has 0 fully saturated rings. The third kappa shape index (κ3) is 1.90. The number of hydrogen-bond acceptors (Lipinski definition) is 4. The van der Waals surface area contributed by atoms with E-state index in [0.29, 0.717) is 5.82 Å². The summed E-state index contributed by atoms with van der Waals surface area (Å²) in [6.45, 7) is 0. The fraction of sp³-hybridized carbons (Fsp3) is 0.